The van der Waals surface area contributed by atoms with Gasteiger partial charge < -0.3 is 10.2 Å². The highest BCUT2D eigenvalue weighted by atomic mass is 32.1. The molecule has 0 amide bonds. The molecule has 6 heteroatoms. The maximum absolute atomic E-state index is 12.5. The Hall–Kier alpha value is -0.980. The lowest BCUT2D eigenvalue weighted by molar-refractivity contribution is -0.137. The first-order valence-corrected chi connectivity index (χ1v) is 5.75. The number of aliphatic hydroxyl groups excluding tert-OH is 2. The number of alkyl halides is 3. The summed E-state index contributed by atoms with van der Waals surface area (Å²) in [6.45, 7) is 1.49. The van der Waals surface area contributed by atoms with Gasteiger partial charge in [0, 0.05) is 11.8 Å². The quantitative estimate of drug-likeness (QED) is 0.832. The van der Waals surface area contributed by atoms with E-state index in [1.165, 1.54) is 13.0 Å². The van der Waals surface area contributed by atoms with Crippen molar-refractivity contribution in [3.8, 4) is 0 Å². The summed E-state index contributed by atoms with van der Waals surface area (Å²) in [6.07, 6.45) is -6.19. The molecule has 0 aliphatic carbocycles. The fourth-order valence-corrected chi connectivity index (χ4v) is 1.81. The Bertz CT molecular complexity index is 430. The summed E-state index contributed by atoms with van der Waals surface area (Å²) in [4.78, 5) is 0. The van der Waals surface area contributed by atoms with Gasteiger partial charge in [0.2, 0.25) is 0 Å². The minimum absolute atomic E-state index is 0.0432. The number of halogens is 3. The van der Waals surface area contributed by atoms with Gasteiger partial charge in [0.15, 0.2) is 0 Å². The summed E-state index contributed by atoms with van der Waals surface area (Å²) in [5, 5.41) is 20.0. The van der Waals surface area contributed by atoms with Crippen LogP contribution in [0.3, 0.4) is 0 Å². The molecule has 0 radical (unpaired) electrons. The Balaban J connectivity index is 3.11. The highest BCUT2D eigenvalue weighted by Crippen LogP contribution is 2.32. The summed E-state index contributed by atoms with van der Waals surface area (Å²) in [5.74, 6) is 0. The van der Waals surface area contributed by atoms with Crippen molar-refractivity contribution in [1.29, 1.82) is 0 Å². The molecule has 100 valence electrons. The van der Waals surface area contributed by atoms with Gasteiger partial charge in [0.1, 0.15) is 0 Å². The molecule has 0 aliphatic rings. The second-order valence-electron chi connectivity index (χ2n) is 4.06. The number of hydrogen-bond donors (Lipinski definition) is 2. The molecule has 0 bridgehead atoms. The van der Waals surface area contributed by atoms with Gasteiger partial charge in [-0.25, -0.2) is 0 Å². The van der Waals surface area contributed by atoms with Crippen molar-refractivity contribution in [2.45, 2.75) is 31.7 Å². The van der Waals surface area contributed by atoms with Gasteiger partial charge in [-0.2, -0.15) is 13.2 Å². The molecule has 0 spiro atoms. The van der Waals surface area contributed by atoms with Crippen molar-refractivity contribution < 1.29 is 23.4 Å². The van der Waals surface area contributed by atoms with E-state index in [9.17, 15) is 18.3 Å². The monoisotopic (exact) mass is 278 g/mol. The minimum atomic E-state index is -4.44. The van der Waals surface area contributed by atoms with Crippen molar-refractivity contribution in [1.82, 2.24) is 0 Å². The van der Waals surface area contributed by atoms with Crippen LogP contribution in [-0.4, -0.2) is 21.7 Å². The fraction of sp³-hybridized carbons (Fsp3) is 0.417. The van der Waals surface area contributed by atoms with Crippen molar-refractivity contribution in [2.75, 3.05) is 0 Å². The summed E-state index contributed by atoms with van der Waals surface area (Å²) in [7, 11) is 0. The minimum Gasteiger partial charge on any atom is -0.393 e. The first-order valence-electron chi connectivity index (χ1n) is 5.28. The first-order chi connectivity index (χ1) is 8.25. The van der Waals surface area contributed by atoms with E-state index in [1.54, 1.807) is 0 Å². The van der Waals surface area contributed by atoms with Gasteiger partial charge in [-0.3, -0.25) is 0 Å². The molecule has 1 aromatic rings. The van der Waals surface area contributed by atoms with Gasteiger partial charge in [0.25, 0.3) is 0 Å². The topological polar surface area (TPSA) is 40.5 Å². The second kappa shape index (κ2) is 5.77. The standard InChI is InChI=1S/C12H13F3O2S/c1-7(16)4-11(17)10-3-2-9(12(13,14)15)5-8(10)6-18/h2-3,5-7,11,16-17H,4H2,1H3. The fourth-order valence-electron chi connectivity index (χ4n) is 1.61. The molecule has 18 heavy (non-hydrogen) atoms. The molecule has 0 aliphatic heterocycles. The van der Waals surface area contributed by atoms with E-state index in [1.807, 2.05) is 0 Å². The van der Waals surface area contributed by atoms with Gasteiger partial charge in [-0.1, -0.05) is 18.3 Å². The maximum atomic E-state index is 12.5. The molecule has 0 aromatic heterocycles. The van der Waals surface area contributed by atoms with Crippen LogP contribution in [0.25, 0.3) is 0 Å². The van der Waals surface area contributed by atoms with E-state index in [-0.39, 0.29) is 12.0 Å². The van der Waals surface area contributed by atoms with Crippen LogP contribution >= 0.6 is 12.2 Å². The lowest BCUT2D eigenvalue weighted by Crippen LogP contribution is -2.12. The summed E-state index contributed by atoms with van der Waals surface area (Å²) < 4.78 is 37.5. The Morgan fingerprint density at radius 3 is 2.39 bits per heavy atom. The zero-order valence-electron chi connectivity index (χ0n) is 9.61. The van der Waals surface area contributed by atoms with Gasteiger partial charge in [0.05, 0.1) is 17.8 Å². The van der Waals surface area contributed by atoms with E-state index >= 15 is 0 Å². The Labute approximate surface area is 108 Å². The second-order valence-corrected chi connectivity index (χ2v) is 4.30. The Morgan fingerprint density at radius 1 is 1.33 bits per heavy atom. The number of rotatable bonds is 4. The predicted molar refractivity (Wildman–Crippen MR) is 65.5 cm³/mol. The normalized spacial score (nSPS) is 15.2. The highest BCUT2D eigenvalue weighted by molar-refractivity contribution is 7.79. The van der Waals surface area contributed by atoms with Crippen LogP contribution in [0.5, 0.6) is 0 Å². The van der Waals surface area contributed by atoms with E-state index in [2.05, 4.69) is 12.2 Å². The average Bonchev–Trinajstić information content (AvgIpc) is 2.26. The number of aliphatic hydroxyl groups is 2. The third kappa shape index (κ3) is 3.76. The number of hydrogen-bond acceptors (Lipinski definition) is 3. The molecular weight excluding hydrogens is 265 g/mol. The zero-order chi connectivity index (χ0) is 13.9. The van der Waals surface area contributed by atoms with Crippen LogP contribution in [-0.2, 0) is 6.18 Å². The van der Waals surface area contributed by atoms with Crippen molar-refractivity contribution in [3.63, 3.8) is 0 Å². The molecule has 2 unspecified atom stereocenters. The van der Waals surface area contributed by atoms with Gasteiger partial charge in [-0.15, -0.1) is 0 Å². The number of benzene rings is 1. The maximum Gasteiger partial charge on any atom is 0.416 e. The van der Waals surface area contributed by atoms with Crippen LogP contribution in [0.2, 0.25) is 0 Å². The average molecular weight is 278 g/mol. The van der Waals surface area contributed by atoms with E-state index in [4.69, 9.17) is 5.11 Å². The van der Waals surface area contributed by atoms with Crippen molar-refractivity contribution >= 4 is 17.6 Å². The summed E-state index contributed by atoms with van der Waals surface area (Å²) >= 11 is 4.66. The zero-order valence-corrected chi connectivity index (χ0v) is 10.4. The predicted octanol–water partition coefficient (Wildman–Crippen LogP) is 2.86. The highest BCUT2D eigenvalue weighted by Gasteiger charge is 2.31. The van der Waals surface area contributed by atoms with Gasteiger partial charge >= 0.3 is 6.18 Å². The Morgan fingerprint density at radius 2 is 1.94 bits per heavy atom. The van der Waals surface area contributed by atoms with E-state index < -0.39 is 23.9 Å². The van der Waals surface area contributed by atoms with Crippen LogP contribution in [0.15, 0.2) is 18.2 Å². The molecule has 0 fully saturated rings. The smallest absolute Gasteiger partial charge is 0.393 e. The van der Waals surface area contributed by atoms with Crippen LogP contribution in [0.4, 0.5) is 13.2 Å². The third-order valence-electron chi connectivity index (χ3n) is 2.46. The summed E-state index contributed by atoms with van der Waals surface area (Å²) in [5.41, 5.74) is -0.376. The summed E-state index contributed by atoms with van der Waals surface area (Å²) in [6, 6.07) is 2.98. The molecule has 0 heterocycles. The van der Waals surface area contributed by atoms with E-state index in [0.29, 0.717) is 5.56 Å². The van der Waals surface area contributed by atoms with Gasteiger partial charge in [-0.05, 0) is 30.2 Å². The third-order valence-corrected chi connectivity index (χ3v) is 2.72. The molecule has 2 N–H and O–H groups in total. The first kappa shape index (κ1) is 15.1. The van der Waals surface area contributed by atoms with Crippen LogP contribution < -0.4 is 0 Å². The molecule has 2 nitrogen and oxygen atoms in total. The molecule has 2 atom stereocenters. The van der Waals surface area contributed by atoms with Crippen molar-refractivity contribution in [2.24, 2.45) is 0 Å². The largest absolute Gasteiger partial charge is 0.416 e. The molecule has 1 rings (SSSR count). The molecular formula is C12H13F3O2S. The van der Waals surface area contributed by atoms with Crippen LogP contribution in [0, 0.1) is 0 Å². The molecule has 1 aromatic carbocycles. The molecule has 0 saturated carbocycles. The molecule has 0 saturated heterocycles. The lowest BCUT2D eigenvalue weighted by Gasteiger charge is -2.17. The van der Waals surface area contributed by atoms with Crippen LogP contribution in [0.1, 0.15) is 36.1 Å². The Kier molecular flexibility index (Phi) is 4.84. The number of thiocarbonyl (C=S) groups is 1. The lowest BCUT2D eigenvalue weighted by atomic mass is 9.97. The SMILES string of the molecule is CC(O)CC(O)c1ccc(C(F)(F)F)cc1C=S. The van der Waals surface area contributed by atoms with E-state index in [0.717, 1.165) is 17.5 Å². The van der Waals surface area contributed by atoms with Crippen molar-refractivity contribution in [3.05, 3.63) is 34.9 Å².